The van der Waals surface area contributed by atoms with Crippen molar-refractivity contribution >= 4 is 0 Å². The van der Waals surface area contributed by atoms with Gasteiger partial charge in [-0.2, -0.15) is 0 Å². The molecule has 1 aliphatic rings. The fourth-order valence-electron chi connectivity index (χ4n) is 2.82. The van der Waals surface area contributed by atoms with Crippen LogP contribution in [0, 0.1) is 18.2 Å². The van der Waals surface area contributed by atoms with Crippen molar-refractivity contribution in [3.63, 3.8) is 0 Å². The minimum atomic E-state index is -0.209. The van der Waals surface area contributed by atoms with Gasteiger partial charge in [-0.05, 0) is 44.2 Å². The first-order chi connectivity index (χ1) is 8.51. The lowest BCUT2D eigenvalue weighted by Crippen LogP contribution is -2.62. The molecule has 18 heavy (non-hydrogen) atoms. The second kappa shape index (κ2) is 4.88. The van der Waals surface area contributed by atoms with E-state index in [2.05, 4.69) is 19.2 Å². The van der Waals surface area contributed by atoms with Gasteiger partial charge in [0.15, 0.2) is 0 Å². The molecular formula is C15H22FNO. The lowest BCUT2D eigenvalue weighted by molar-refractivity contribution is -0.0680. The molecule has 1 saturated carbocycles. The van der Waals surface area contributed by atoms with E-state index >= 15 is 0 Å². The van der Waals surface area contributed by atoms with E-state index < -0.39 is 0 Å². The highest BCUT2D eigenvalue weighted by Gasteiger charge is 2.51. The van der Waals surface area contributed by atoms with Gasteiger partial charge in [0.1, 0.15) is 17.7 Å². The predicted octanol–water partition coefficient (Wildman–Crippen LogP) is 3.29. The molecular weight excluding hydrogens is 229 g/mol. The maximum Gasteiger partial charge on any atom is 0.123 e. The smallest absolute Gasteiger partial charge is 0.123 e. The van der Waals surface area contributed by atoms with Crippen molar-refractivity contribution in [2.24, 2.45) is 5.41 Å². The molecule has 0 radical (unpaired) electrons. The van der Waals surface area contributed by atoms with Gasteiger partial charge < -0.3 is 10.1 Å². The molecule has 1 aromatic carbocycles. The van der Waals surface area contributed by atoms with E-state index in [0.717, 1.165) is 24.2 Å². The molecule has 2 nitrogen and oxygen atoms in total. The third-order valence-electron chi connectivity index (χ3n) is 4.50. The summed E-state index contributed by atoms with van der Waals surface area (Å²) in [5, 5.41) is 3.34. The number of ether oxygens (including phenoxy) is 1. The van der Waals surface area contributed by atoms with Crippen LogP contribution in [0.2, 0.25) is 0 Å². The molecule has 3 unspecified atom stereocenters. The Morgan fingerprint density at radius 2 is 2.22 bits per heavy atom. The van der Waals surface area contributed by atoms with Crippen molar-refractivity contribution in [2.45, 2.75) is 45.8 Å². The standard InChI is InChI=1S/C15H22FNO/c1-5-15(3)13(17-4)9-14(15)18-12-7-6-11(16)8-10(12)2/h6-8,13-14,17H,5,9H2,1-4H3. The van der Waals surface area contributed by atoms with Crippen molar-refractivity contribution in [3.8, 4) is 5.75 Å². The fraction of sp³-hybridized carbons (Fsp3) is 0.600. The van der Waals surface area contributed by atoms with Gasteiger partial charge in [0.25, 0.3) is 0 Å². The third-order valence-corrected chi connectivity index (χ3v) is 4.50. The Morgan fingerprint density at radius 1 is 1.50 bits per heavy atom. The average Bonchev–Trinajstić information content (AvgIpc) is 2.35. The van der Waals surface area contributed by atoms with Crippen LogP contribution in [-0.4, -0.2) is 19.2 Å². The van der Waals surface area contributed by atoms with Gasteiger partial charge in [-0.3, -0.25) is 0 Å². The Bertz CT molecular complexity index is 435. The summed E-state index contributed by atoms with van der Waals surface area (Å²) < 4.78 is 19.1. The number of halogens is 1. The number of benzene rings is 1. The number of nitrogens with one attached hydrogen (secondary N) is 1. The molecule has 1 aliphatic carbocycles. The van der Waals surface area contributed by atoms with E-state index in [4.69, 9.17) is 4.74 Å². The van der Waals surface area contributed by atoms with Crippen LogP contribution in [0.25, 0.3) is 0 Å². The molecule has 100 valence electrons. The molecule has 3 heteroatoms. The minimum Gasteiger partial charge on any atom is -0.489 e. The molecule has 0 aromatic heterocycles. The zero-order valence-corrected chi connectivity index (χ0v) is 11.6. The van der Waals surface area contributed by atoms with Gasteiger partial charge in [-0.15, -0.1) is 0 Å². The van der Waals surface area contributed by atoms with Crippen molar-refractivity contribution < 1.29 is 9.13 Å². The summed E-state index contributed by atoms with van der Waals surface area (Å²) in [5.74, 6) is 0.593. The van der Waals surface area contributed by atoms with E-state index in [0.29, 0.717) is 6.04 Å². The Hall–Kier alpha value is -1.09. The van der Waals surface area contributed by atoms with E-state index in [1.807, 2.05) is 14.0 Å². The quantitative estimate of drug-likeness (QED) is 0.886. The van der Waals surface area contributed by atoms with Crippen LogP contribution in [-0.2, 0) is 0 Å². The third kappa shape index (κ3) is 2.12. The van der Waals surface area contributed by atoms with Gasteiger partial charge in [-0.25, -0.2) is 4.39 Å². The maximum atomic E-state index is 13.1. The first-order valence-corrected chi connectivity index (χ1v) is 6.61. The molecule has 1 fully saturated rings. The molecule has 0 bridgehead atoms. The normalized spacial score (nSPS) is 30.9. The summed E-state index contributed by atoms with van der Waals surface area (Å²) in [7, 11) is 2.00. The highest BCUT2D eigenvalue weighted by atomic mass is 19.1. The molecule has 0 aliphatic heterocycles. The van der Waals surface area contributed by atoms with Crippen molar-refractivity contribution in [2.75, 3.05) is 7.05 Å². The summed E-state index contributed by atoms with van der Waals surface area (Å²) >= 11 is 0. The lowest BCUT2D eigenvalue weighted by atomic mass is 9.61. The summed E-state index contributed by atoms with van der Waals surface area (Å²) in [6.45, 7) is 6.33. The van der Waals surface area contributed by atoms with Crippen molar-refractivity contribution in [1.82, 2.24) is 5.32 Å². The van der Waals surface area contributed by atoms with Gasteiger partial charge in [0, 0.05) is 17.9 Å². The minimum absolute atomic E-state index is 0.162. The zero-order valence-electron chi connectivity index (χ0n) is 11.6. The highest BCUT2D eigenvalue weighted by molar-refractivity contribution is 5.33. The van der Waals surface area contributed by atoms with E-state index in [-0.39, 0.29) is 17.3 Å². The summed E-state index contributed by atoms with van der Waals surface area (Å²) in [5.41, 5.74) is 1.02. The molecule has 0 saturated heterocycles. The Kier molecular flexibility index (Phi) is 3.62. The van der Waals surface area contributed by atoms with Crippen LogP contribution in [0.4, 0.5) is 4.39 Å². The van der Waals surface area contributed by atoms with Crippen LogP contribution < -0.4 is 10.1 Å². The molecule has 0 amide bonds. The highest BCUT2D eigenvalue weighted by Crippen LogP contribution is 2.46. The number of rotatable bonds is 4. The van der Waals surface area contributed by atoms with Gasteiger partial charge in [0.2, 0.25) is 0 Å². The first kappa shape index (κ1) is 13.3. The molecule has 0 spiro atoms. The Labute approximate surface area is 109 Å². The Morgan fingerprint density at radius 3 is 2.78 bits per heavy atom. The topological polar surface area (TPSA) is 21.3 Å². The van der Waals surface area contributed by atoms with Crippen LogP contribution in [0.1, 0.15) is 32.3 Å². The second-order valence-electron chi connectivity index (χ2n) is 5.45. The number of hydrogen-bond acceptors (Lipinski definition) is 2. The zero-order chi connectivity index (χ0) is 13.3. The maximum absolute atomic E-state index is 13.1. The summed E-state index contributed by atoms with van der Waals surface area (Å²) in [6, 6.07) is 5.22. The molecule has 1 N–H and O–H groups in total. The van der Waals surface area contributed by atoms with E-state index in [1.54, 1.807) is 6.07 Å². The first-order valence-electron chi connectivity index (χ1n) is 6.61. The number of hydrogen-bond donors (Lipinski definition) is 1. The predicted molar refractivity (Wildman–Crippen MR) is 71.4 cm³/mol. The van der Waals surface area contributed by atoms with E-state index in [1.165, 1.54) is 12.1 Å². The van der Waals surface area contributed by atoms with Crippen LogP contribution in [0.15, 0.2) is 18.2 Å². The van der Waals surface area contributed by atoms with E-state index in [9.17, 15) is 4.39 Å². The molecule has 2 rings (SSSR count). The fourth-order valence-corrected chi connectivity index (χ4v) is 2.82. The van der Waals surface area contributed by atoms with Gasteiger partial charge >= 0.3 is 0 Å². The lowest BCUT2D eigenvalue weighted by Gasteiger charge is -2.53. The monoisotopic (exact) mass is 251 g/mol. The van der Waals surface area contributed by atoms with Crippen molar-refractivity contribution in [3.05, 3.63) is 29.6 Å². The molecule has 3 atom stereocenters. The summed E-state index contributed by atoms with van der Waals surface area (Å²) in [6.07, 6.45) is 2.30. The summed E-state index contributed by atoms with van der Waals surface area (Å²) in [4.78, 5) is 0. The van der Waals surface area contributed by atoms with Gasteiger partial charge in [-0.1, -0.05) is 13.8 Å². The van der Waals surface area contributed by atoms with Crippen LogP contribution in [0.3, 0.4) is 0 Å². The Balaban J connectivity index is 2.11. The average molecular weight is 251 g/mol. The van der Waals surface area contributed by atoms with Crippen LogP contribution in [0.5, 0.6) is 5.75 Å². The van der Waals surface area contributed by atoms with Crippen LogP contribution >= 0.6 is 0 Å². The second-order valence-corrected chi connectivity index (χ2v) is 5.45. The SMILES string of the molecule is CCC1(C)C(NC)CC1Oc1ccc(F)cc1C. The molecule has 1 aromatic rings. The van der Waals surface area contributed by atoms with Gasteiger partial charge in [0.05, 0.1) is 0 Å². The number of aryl methyl sites for hydroxylation is 1. The largest absolute Gasteiger partial charge is 0.489 e. The van der Waals surface area contributed by atoms with Crippen molar-refractivity contribution in [1.29, 1.82) is 0 Å². The molecule has 0 heterocycles.